The van der Waals surface area contributed by atoms with Gasteiger partial charge in [0.2, 0.25) is 5.91 Å². The molecule has 0 aromatic heterocycles. The van der Waals surface area contributed by atoms with Crippen molar-refractivity contribution in [2.75, 3.05) is 14.2 Å². The number of benzene rings is 1. The Labute approximate surface area is 136 Å². The number of aliphatic hydroxyl groups is 1. The predicted molar refractivity (Wildman–Crippen MR) is 86.1 cm³/mol. The number of rotatable bonds is 8. The number of hydrogen-bond donors (Lipinski definition) is 2. The molecule has 1 rings (SSSR count). The molecule has 0 bridgehead atoms. The van der Waals surface area contributed by atoms with E-state index < -0.39 is 24.0 Å². The van der Waals surface area contributed by atoms with E-state index >= 15 is 0 Å². The third-order valence-corrected chi connectivity index (χ3v) is 3.37. The van der Waals surface area contributed by atoms with Crippen molar-refractivity contribution >= 4 is 11.9 Å². The van der Waals surface area contributed by atoms with Gasteiger partial charge in [-0.3, -0.25) is 4.79 Å². The van der Waals surface area contributed by atoms with Crippen molar-refractivity contribution in [2.24, 2.45) is 5.92 Å². The van der Waals surface area contributed by atoms with E-state index in [1.165, 1.54) is 7.11 Å². The van der Waals surface area contributed by atoms with E-state index in [9.17, 15) is 14.7 Å². The Bertz CT molecular complexity index is 529. The molecule has 0 aliphatic carbocycles. The fourth-order valence-corrected chi connectivity index (χ4v) is 2.19. The van der Waals surface area contributed by atoms with Crippen LogP contribution in [-0.4, -0.2) is 43.3 Å². The van der Waals surface area contributed by atoms with Gasteiger partial charge in [-0.05, 0) is 30.0 Å². The highest BCUT2D eigenvalue weighted by Crippen LogP contribution is 2.15. The minimum atomic E-state index is -1.15. The first-order chi connectivity index (χ1) is 10.9. The second-order valence-corrected chi connectivity index (χ2v) is 5.79. The molecule has 0 heterocycles. The van der Waals surface area contributed by atoms with Crippen LogP contribution < -0.4 is 10.1 Å². The number of esters is 1. The lowest BCUT2D eigenvalue weighted by molar-refractivity contribution is -0.146. The van der Waals surface area contributed by atoms with Crippen LogP contribution >= 0.6 is 0 Å². The van der Waals surface area contributed by atoms with Crippen molar-refractivity contribution in [3.8, 4) is 5.75 Å². The SMILES string of the molecule is COC(=O)[C@@H](Cc1cccc(OC)c1)NC(=O)[C@@H](O)CC(C)C. The molecule has 0 aliphatic rings. The van der Waals surface area contributed by atoms with Gasteiger partial charge in [0, 0.05) is 6.42 Å². The summed E-state index contributed by atoms with van der Waals surface area (Å²) in [6.45, 7) is 3.81. The number of ether oxygens (including phenoxy) is 2. The molecule has 0 aliphatic heterocycles. The fourth-order valence-electron chi connectivity index (χ4n) is 2.19. The van der Waals surface area contributed by atoms with Crippen molar-refractivity contribution in [2.45, 2.75) is 38.8 Å². The fraction of sp³-hybridized carbons (Fsp3) is 0.529. The Morgan fingerprint density at radius 3 is 2.52 bits per heavy atom. The summed E-state index contributed by atoms with van der Waals surface area (Å²) in [5, 5.41) is 12.4. The smallest absolute Gasteiger partial charge is 0.328 e. The number of aliphatic hydroxyl groups excluding tert-OH is 1. The quantitative estimate of drug-likeness (QED) is 0.705. The Morgan fingerprint density at radius 1 is 1.26 bits per heavy atom. The van der Waals surface area contributed by atoms with E-state index in [-0.39, 0.29) is 12.3 Å². The maximum Gasteiger partial charge on any atom is 0.328 e. The van der Waals surface area contributed by atoms with E-state index in [1.54, 1.807) is 25.3 Å². The minimum absolute atomic E-state index is 0.172. The zero-order valence-electron chi connectivity index (χ0n) is 14.0. The molecule has 1 aromatic rings. The largest absolute Gasteiger partial charge is 0.497 e. The van der Waals surface area contributed by atoms with Gasteiger partial charge in [-0.25, -0.2) is 4.79 Å². The number of hydrogen-bond acceptors (Lipinski definition) is 5. The number of amides is 1. The summed E-state index contributed by atoms with van der Waals surface area (Å²) in [5.74, 6) is -0.294. The van der Waals surface area contributed by atoms with Gasteiger partial charge in [0.05, 0.1) is 14.2 Å². The van der Waals surface area contributed by atoms with Crippen LogP contribution in [0.25, 0.3) is 0 Å². The zero-order valence-corrected chi connectivity index (χ0v) is 14.0. The monoisotopic (exact) mass is 323 g/mol. The molecule has 0 radical (unpaired) electrons. The number of carbonyl (C=O) groups excluding carboxylic acids is 2. The highest BCUT2D eigenvalue weighted by molar-refractivity contribution is 5.87. The number of nitrogens with one attached hydrogen (secondary N) is 1. The van der Waals surface area contributed by atoms with Gasteiger partial charge in [0.25, 0.3) is 0 Å². The standard InChI is InChI=1S/C17H25NO5/c1-11(2)8-15(19)16(20)18-14(17(21)23-4)10-12-6-5-7-13(9-12)22-3/h5-7,9,11,14-15,19H,8,10H2,1-4H3,(H,18,20)/t14-,15+/m1/s1. The molecule has 1 amide bonds. The lowest BCUT2D eigenvalue weighted by Gasteiger charge is -2.20. The second-order valence-electron chi connectivity index (χ2n) is 5.79. The van der Waals surface area contributed by atoms with Crippen LogP contribution in [0.4, 0.5) is 0 Å². The molecule has 2 N–H and O–H groups in total. The Kier molecular flexibility index (Phi) is 7.54. The molecule has 0 spiro atoms. The van der Waals surface area contributed by atoms with Gasteiger partial charge in [-0.15, -0.1) is 0 Å². The molecular formula is C17H25NO5. The maximum absolute atomic E-state index is 12.0. The molecule has 0 saturated carbocycles. The topological polar surface area (TPSA) is 84.9 Å². The second kappa shape index (κ2) is 9.15. The van der Waals surface area contributed by atoms with Gasteiger partial charge in [-0.2, -0.15) is 0 Å². The molecule has 128 valence electrons. The Hall–Kier alpha value is -2.08. The third-order valence-electron chi connectivity index (χ3n) is 3.37. The van der Waals surface area contributed by atoms with E-state index in [0.717, 1.165) is 5.56 Å². The molecule has 0 saturated heterocycles. The Morgan fingerprint density at radius 2 is 1.96 bits per heavy atom. The van der Waals surface area contributed by atoms with Crippen molar-refractivity contribution in [1.29, 1.82) is 0 Å². The summed E-state index contributed by atoms with van der Waals surface area (Å²) in [6.07, 6.45) is -0.560. The van der Waals surface area contributed by atoms with E-state index in [2.05, 4.69) is 5.32 Å². The normalized spacial score (nSPS) is 13.3. The average Bonchev–Trinajstić information content (AvgIpc) is 2.52. The third kappa shape index (κ3) is 6.28. The number of methoxy groups -OCH3 is 2. The lowest BCUT2D eigenvalue weighted by Crippen LogP contribution is -2.47. The molecule has 6 heteroatoms. The van der Waals surface area contributed by atoms with Crippen LogP contribution in [0.1, 0.15) is 25.8 Å². The van der Waals surface area contributed by atoms with Gasteiger partial charge in [0.1, 0.15) is 17.9 Å². The van der Waals surface area contributed by atoms with Crippen LogP contribution in [0.15, 0.2) is 24.3 Å². The van der Waals surface area contributed by atoms with Crippen LogP contribution in [0.5, 0.6) is 5.75 Å². The molecule has 0 fully saturated rings. The molecule has 1 aromatic carbocycles. The predicted octanol–water partition coefficient (Wildman–Crippen LogP) is 1.30. The summed E-state index contributed by atoms with van der Waals surface area (Å²) < 4.78 is 9.88. The van der Waals surface area contributed by atoms with Gasteiger partial charge in [-0.1, -0.05) is 26.0 Å². The van der Waals surface area contributed by atoms with Gasteiger partial charge < -0.3 is 19.9 Å². The summed E-state index contributed by atoms with van der Waals surface area (Å²) >= 11 is 0. The van der Waals surface area contributed by atoms with Gasteiger partial charge in [0.15, 0.2) is 0 Å². The summed E-state index contributed by atoms with van der Waals surface area (Å²) in [6, 6.07) is 6.35. The van der Waals surface area contributed by atoms with Crippen molar-refractivity contribution < 1.29 is 24.2 Å². The average molecular weight is 323 g/mol. The first-order valence-corrected chi connectivity index (χ1v) is 7.56. The van der Waals surface area contributed by atoms with Gasteiger partial charge >= 0.3 is 5.97 Å². The highest BCUT2D eigenvalue weighted by atomic mass is 16.5. The molecule has 0 unspecified atom stereocenters. The van der Waals surface area contributed by atoms with E-state index in [0.29, 0.717) is 12.2 Å². The maximum atomic E-state index is 12.0. The Balaban J connectivity index is 2.80. The lowest BCUT2D eigenvalue weighted by atomic mass is 10.0. The molecular weight excluding hydrogens is 298 g/mol. The first-order valence-electron chi connectivity index (χ1n) is 7.56. The zero-order chi connectivity index (χ0) is 17.4. The number of carbonyl (C=O) groups is 2. The molecule has 23 heavy (non-hydrogen) atoms. The van der Waals surface area contributed by atoms with Crippen molar-refractivity contribution in [1.82, 2.24) is 5.32 Å². The summed E-state index contributed by atoms with van der Waals surface area (Å²) in [4.78, 5) is 23.9. The van der Waals surface area contributed by atoms with Crippen molar-refractivity contribution in [3.05, 3.63) is 29.8 Å². The summed E-state index contributed by atoms with van der Waals surface area (Å²) in [5.41, 5.74) is 0.818. The molecule has 6 nitrogen and oxygen atoms in total. The molecule has 2 atom stereocenters. The van der Waals surface area contributed by atoms with Crippen LogP contribution in [0.2, 0.25) is 0 Å². The van der Waals surface area contributed by atoms with Crippen LogP contribution in [0.3, 0.4) is 0 Å². The van der Waals surface area contributed by atoms with Crippen LogP contribution in [-0.2, 0) is 20.7 Å². The first kappa shape index (κ1) is 19.0. The van der Waals surface area contributed by atoms with E-state index in [4.69, 9.17) is 9.47 Å². The van der Waals surface area contributed by atoms with Crippen LogP contribution in [0, 0.1) is 5.92 Å². The van der Waals surface area contributed by atoms with Crippen molar-refractivity contribution in [3.63, 3.8) is 0 Å². The minimum Gasteiger partial charge on any atom is -0.497 e. The summed E-state index contributed by atoms with van der Waals surface area (Å²) in [7, 11) is 2.82. The highest BCUT2D eigenvalue weighted by Gasteiger charge is 2.25. The van der Waals surface area contributed by atoms with E-state index in [1.807, 2.05) is 19.9 Å².